The number of amides is 1. The van der Waals surface area contributed by atoms with Gasteiger partial charge in [0.15, 0.2) is 0 Å². The van der Waals surface area contributed by atoms with E-state index < -0.39 is 12.1 Å². The molecule has 2 atom stereocenters. The van der Waals surface area contributed by atoms with Gasteiger partial charge in [0.2, 0.25) is 5.91 Å². The van der Waals surface area contributed by atoms with Gasteiger partial charge in [0.25, 0.3) is 0 Å². The van der Waals surface area contributed by atoms with Crippen molar-refractivity contribution in [1.82, 2.24) is 5.32 Å². The van der Waals surface area contributed by atoms with Gasteiger partial charge in [-0.05, 0) is 44.9 Å². The summed E-state index contributed by atoms with van der Waals surface area (Å²) in [5, 5.41) is 23.2. The fourth-order valence-electron chi connectivity index (χ4n) is 8.22. The molecular formula is C53H103NO3. The number of rotatable bonds is 48. The van der Waals surface area contributed by atoms with Crippen LogP contribution in [-0.4, -0.2) is 34.9 Å². The lowest BCUT2D eigenvalue weighted by Crippen LogP contribution is -2.45. The van der Waals surface area contributed by atoms with Crippen LogP contribution in [0.15, 0.2) is 24.3 Å². The van der Waals surface area contributed by atoms with Crippen LogP contribution in [0, 0.1) is 0 Å². The largest absolute Gasteiger partial charge is 0.394 e. The van der Waals surface area contributed by atoms with E-state index in [2.05, 4.69) is 43.5 Å². The van der Waals surface area contributed by atoms with E-state index >= 15 is 0 Å². The molecule has 0 aliphatic heterocycles. The molecule has 0 bridgehead atoms. The summed E-state index contributed by atoms with van der Waals surface area (Å²) >= 11 is 0. The molecule has 57 heavy (non-hydrogen) atoms. The third kappa shape index (κ3) is 45.8. The third-order valence-corrected chi connectivity index (χ3v) is 12.2. The number of allylic oxidation sites excluding steroid dienone is 4. The molecule has 0 radical (unpaired) electrons. The molecule has 0 aliphatic carbocycles. The molecule has 0 aromatic heterocycles. The molecule has 3 N–H and O–H groups in total. The Balaban J connectivity index is 3.41. The van der Waals surface area contributed by atoms with Crippen molar-refractivity contribution in [3.8, 4) is 0 Å². The molecular weight excluding hydrogens is 699 g/mol. The summed E-state index contributed by atoms with van der Waals surface area (Å²) in [6.07, 6.45) is 64.4. The molecule has 4 heteroatoms. The monoisotopic (exact) mass is 802 g/mol. The van der Waals surface area contributed by atoms with Gasteiger partial charge in [0.1, 0.15) is 0 Å². The predicted molar refractivity (Wildman–Crippen MR) is 253 cm³/mol. The average molecular weight is 802 g/mol. The number of carbonyl (C=O) groups excluding carboxylic acids is 1. The van der Waals surface area contributed by atoms with Crippen LogP contribution in [0.5, 0.6) is 0 Å². The van der Waals surface area contributed by atoms with Gasteiger partial charge >= 0.3 is 0 Å². The quantitative estimate of drug-likeness (QED) is 0.0424. The van der Waals surface area contributed by atoms with Crippen molar-refractivity contribution in [2.75, 3.05) is 6.61 Å². The van der Waals surface area contributed by atoms with Crippen LogP contribution in [-0.2, 0) is 4.79 Å². The van der Waals surface area contributed by atoms with E-state index in [4.69, 9.17) is 0 Å². The second kappa shape index (κ2) is 49.2. The highest BCUT2D eigenvalue weighted by molar-refractivity contribution is 5.76. The highest BCUT2D eigenvalue weighted by Crippen LogP contribution is 2.17. The van der Waals surface area contributed by atoms with E-state index in [0.29, 0.717) is 12.8 Å². The first kappa shape index (κ1) is 55.9. The Kier molecular flexibility index (Phi) is 48.3. The van der Waals surface area contributed by atoms with Crippen molar-refractivity contribution in [1.29, 1.82) is 0 Å². The van der Waals surface area contributed by atoms with Crippen molar-refractivity contribution >= 4 is 5.91 Å². The number of aliphatic hydroxyl groups excluding tert-OH is 2. The van der Waals surface area contributed by atoms with E-state index in [-0.39, 0.29) is 12.5 Å². The maximum atomic E-state index is 12.4. The molecule has 0 spiro atoms. The lowest BCUT2D eigenvalue weighted by Gasteiger charge is -2.22. The van der Waals surface area contributed by atoms with Crippen LogP contribution in [0.3, 0.4) is 0 Å². The van der Waals surface area contributed by atoms with Gasteiger partial charge in [-0.25, -0.2) is 0 Å². The van der Waals surface area contributed by atoms with Crippen LogP contribution >= 0.6 is 0 Å². The van der Waals surface area contributed by atoms with E-state index in [1.165, 1.54) is 231 Å². The maximum absolute atomic E-state index is 12.4. The standard InChI is InChI=1S/C53H103NO3/c1-3-5-7-9-11-13-15-17-19-20-21-22-23-24-25-26-27-28-29-30-31-32-33-34-35-37-39-41-43-45-47-49-53(57)54-51(50-55)52(56)48-46-44-42-40-38-36-18-16-14-12-10-8-6-4-2/h15,17,20-21,51-52,55-56H,3-14,16,18-19,22-50H2,1-2H3,(H,54,57)/b17-15-,21-20-. The summed E-state index contributed by atoms with van der Waals surface area (Å²) in [5.74, 6) is -0.0269. The second-order valence-electron chi connectivity index (χ2n) is 17.9. The van der Waals surface area contributed by atoms with Crippen molar-refractivity contribution in [3.05, 3.63) is 24.3 Å². The molecule has 0 rings (SSSR count). The van der Waals surface area contributed by atoms with E-state index in [0.717, 1.165) is 32.1 Å². The SMILES string of the molecule is CCCCCCC/C=C\C/C=C\CCCCCCCCCCCCCCCCCCCCCC(=O)NC(CO)C(O)CCCCCCCCCCCCCCCC. The minimum absolute atomic E-state index is 0.0269. The maximum Gasteiger partial charge on any atom is 0.220 e. The first-order valence-electron chi connectivity index (χ1n) is 26.0. The van der Waals surface area contributed by atoms with Gasteiger partial charge in [-0.2, -0.15) is 0 Å². The number of hydrogen-bond donors (Lipinski definition) is 3. The Morgan fingerprint density at radius 3 is 1.05 bits per heavy atom. The average Bonchev–Trinajstić information content (AvgIpc) is 3.22. The van der Waals surface area contributed by atoms with Crippen LogP contribution in [0.1, 0.15) is 290 Å². The molecule has 4 nitrogen and oxygen atoms in total. The van der Waals surface area contributed by atoms with Gasteiger partial charge < -0.3 is 15.5 Å². The van der Waals surface area contributed by atoms with Crippen molar-refractivity contribution in [2.45, 2.75) is 302 Å². The molecule has 0 aliphatic rings. The fourth-order valence-corrected chi connectivity index (χ4v) is 8.22. The lowest BCUT2D eigenvalue weighted by molar-refractivity contribution is -0.123. The molecule has 0 saturated carbocycles. The van der Waals surface area contributed by atoms with Crippen LogP contribution in [0.4, 0.5) is 0 Å². The Labute approximate surface area is 358 Å². The number of carbonyl (C=O) groups is 1. The summed E-state index contributed by atoms with van der Waals surface area (Å²) in [6, 6.07) is -0.532. The van der Waals surface area contributed by atoms with E-state index in [1.807, 2.05) is 0 Å². The van der Waals surface area contributed by atoms with Crippen LogP contribution in [0.2, 0.25) is 0 Å². The summed E-state index contributed by atoms with van der Waals surface area (Å²) in [4.78, 5) is 12.4. The summed E-state index contributed by atoms with van der Waals surface area (Å²) < 4.78 is 0. The third-order valence-electron chi connectivity index (χ3n) is 12.2. The zero-order valence-electron chi connectivity index (χ0n) is 38.9. The van der Waals surface area contributed by atoms with Gasteiger partial charge in [0.05, 0.1) is 18.8 Å². The number of aliphatic hydroxyl groups is 2. The van der Waals surface area contributed by atoms with Crippen LogP contribution in [0.25, 0.3) is 0 Å². The molecule has 0 aromatic rings. The van der Waals surface area contributed by atoms with E-state index in [1.54, 1.807) is 0 Å². The summed E-state index contributed by atoms with van der Waals surface area (Å²) in [6.45, 7) is 4.37. The number of hydrogen-bond acceptors (Lipinski definition) is 3. The minimum atomic E-state index is -0.656. The fraction of sp³-hybridized carbons (Fsp3) is 0.906. The van der Waals surface area contributed by atoms with Gasteiger partial charge in [-0.3, -0.25) is 4.79 Å². The molecule has 0 heterocycles. The first-order valence-corrected chi connectivity index (χ1v) is 26.0. The zero-order chi connectivity index (χ0) is 41.4. The number of unbranched alkanes of at least 4 members (excludes halogenated alkanes) is 37. The zero-order valence-corrected chi connectivity index (χ0v) is 38.9. The van der Waals surface area contributed by atoms with Gasteiger partial charge in [0, 0.05) is 6.42 Å². The second-order valence-corrected chi connectivity index (χ2v) is 17.9. The topological polar surface area (TPSA) is 69.6 Å². The molecule has 338 valence electrons. The predicted octanol–water partition coefficient (Wildman–Crippen LogP) is 16.8. The van der Waals surface area contributed by atoms with Gasteiger partial charge in [-0.15, -0.1) is 0 Å². The highest BCUT2D eigenvalue weighted by atomic mass is 16.3. The number of nitrogens with one attached hydrogen (secondary N) is 1. The van der Waals surface area contributed by atoms with Crippen molar-refractivity contribution in [2.24, 2.45) is 0 Å². The van der Waals surface area contributed by atoms with Gasteiger partial charge in [-0.1, -0.05) is 263 Å². The summed E-state index contributed by atoms with van der Waals surface area (Å²) in [5.41, 5.74) is 0. The first-order chi connectivity index (χ1) is 28.2. The Morgan fingerprint density at radius 1 is 0.421 bits per heavy atom. The Bertz CT molecular complexity index is 825. The Morgan fingerprint density at radius 2 is 0.719 bits per heavy atom. The Hall–Kier alpha value is -1.13. The molecule has 0 aromatic carbocycles. The molecule has 1 amide bonds. The van der Waals surface area contributed by atoms with Crippen molar-refractivity contribution < 1.29 is 15.0 Å². The van der Waals surface area contributed by atoms with Crippen molar-refractivity contribution in [3.63, 3.8) is 0 Å². The molecule has 2 unspecified atom stereocenters. The summed E-state index contributed by atoms with van der Waals surface area (Å²) in [7, 11) is 0. The van der Waals surface area contributed by atoms with E-state index in [9.17, 15) is 15.0 Å². The molecule has 0 fully saturated rings. The highest BCUT2D eigenvalue weighted by Gasteiger charge is 2.20. The minimum Gasteiger partial charge on any atom is -0.394 e. The van der Waals surface area contributed by atoms with Crippen LogP contribution < -0.4 is 5.32 Å². The lowest BCUT2D eigenvalue weighted by atomic mass is 10.0. The normalized spacial score (nSPS) is 13.0. The smallest absolute Gasteiger partial charge is 0.220 e. The molecule has 0 saturated heterocycles.